The summed E-state index contributed by atoms with van der Waals surface area (Å²) in [7, 11) is 0. The van der Waals surface area contributed by atoms with Crippen molar-refractivity contribution in [3.8, 4) is 0 Å². The number of carbonyl (C=O) groups excluding carboxylic acids is 1. The molecule has 1 amide bonds. The standard InChI is InChI=1S/C20H24N2O/c23-19(10-16-11-21-18-4-2-1-3-17(16)18)22-20-14-6-12-5-13(8-14)9-15(20)7-12/h1-4,11-15,20-21H,5-10H2,(H,22,23). The van der Waals surface area contributed by atoms with Gasteiger partial charge < -0.3 is 10.3 Å². The van der Waals surface area contributed by atoms with E-state index in [2.05, 4.69) is 22.4 Å². The highest BCUT2D eigenvalue weighted by Crippen LogP contribution is 2.53. The Morgan fingerprint density at radius 3 is 2.48 bits per heavy atom. The van der Waals surface area contributed by atoms with E-state index in [-0.39, 0.29) is 5.91 Å². The van der Waals surface area contributed by atoms with E-state index in [9.17, 15) is 4.79 Å². The van der Waals surface area contributed by atoms with Gasteiger partial charge in [0.25, 0.3) is 0 Å². The Labute approximate surface area is 136 Å². The lowest BCUT2D eigenvalue weighted by Gasteiger charge is -2.54. The van der Waals surface area contributed by atoms with Gasteiger partial charge >= 0.3 is 0 Å². The molecule has 4 aliphatic rings. The SMILES string of the molecule is O=C(Cc1c[nH]c2ccccc12)NC1C2CC3CC(C2)CC1C3. The predicted octanol–water partition coefficient (Wildman–Crippen LogP) is 3.65. The van der Waals surface area contributed by atoms with Crippen LogP contribution in [0.3, 0.4) is 0 Å². The number of rotatable bonds is 3. The van der Waals surface area contributed by atoms with E-state index in [1.165, 1.54) is 37.5 Å². The molecule has 6 rings (SSSR count). The fourth-order valence-corrected chi connectivity index (χ4v) is 5.85. The Morgan fingerprint density at radius 2 is 1.74 bits per heavy atom. The molecule has 3 heteroatoms. The van der Waals surface area contributed by atoms with Crippen LogP contribution >= 0.6 is 0 Å². The summed E-state index contributed by atoms with van der Waals surface area (Å²) >= 11 is 0. The van der Waals surface area contributed by atoms with E-state index in [1.807, 2.05) is 18.3 Å². The summed E-state index contributed by atoms with van der Waals surface area (Å²) in [4.78, 5) is 15.9. The van der Waals surface area contributed by atoms with E-state index in [0.717, 1.165) is 34.8 Å². The Balaban J connectivity index is 1.30. The van der Waals surface area contributed by atoms with Gasteiger partial charge in [-0.15, -0.1) is 0 Å². The zero-order valence-electron chi connectivity index (χ0n) is 13.4. The van der Waals surface area contributed by atoms with Crippen molar-refractivity contribution in [3.05, 3.63) is 36.0 Å². The van der Waals surface area contributed by atoms with E-state index in [1.54, 1.807) is 0 Å². The van der Waals surface area contributed by atoms with Gasteiger partial charge in [-0.3, -0.25) is 4.79 Å². The first-order valence-corrected chi connectivity index (χ1v) is 9.10. The number of carbonyl (C=O) groups is 1. The van der Waals surface area contributed by atoms with Crippen LogP contribution in [0.5, 0.6) is 0 Å². The number of aromatic amines is 1. The highest BCUT2D eigenvalue weighted by molar-refractivity contribution is 5.88. The van der Waals surface area contributed by atoms with Gasteiger partial charge in [0.15, 0.2) is 0 Å². The second-order valence-corrected chi connectivity index (χ2v) is 8.06. The van der Waals surface area contributed by atoms with Crippen LogP contribution in [0.4, 0.5) is 0 Å². The largest absolute Gasteiger partial charge is 0.361 e. The van der Waals surface area contributed by atoms with Gasteiger partial charge in [0.05, 0.1) is 6.42 Å². The van der Waals surface area contributed by atoms with Crippen LogP contribution in [0, 0.1) is 23.7 Å². The number of H-pyrrole nitrogens is 1. The summed E-state index contributed by atoms with van der Waals surface area (Å²) < 4.78 is 0. The molecule has 1 aromatic carbocycles. The number of aromatic nitrogens is 1. The van der Waals surface area contributed by atoms with Gasteiger partial charge in [-0.1, -0.05) is 18.2 Å². The molecule has 1 aromatic heterocycles. The molecule has 0 radical (unpaired) electrons. The average Bonchev–Trinajstić information content (AvgIpc) is 2.93. The number of para-hydroxylation sites is 1. The topological polar surface area (TPSA) is 44.9 Å². The van der Waals surface area contributed by atoms with Crippen molar-refractivity contribution in [1.82, 2.24) is 10.3 Å². The molecular weight excluding hydrogens is 284 g/mol. The Bertz CT molecular complexity index is 719. The number of fused-ring (bicyclic) bond motifs is 1. The first kappa shape index (κ1) is 13.6. The van der Waals surface area contributed by atoms with E-state index < -0.39 is 0 Å². The van der Waals surface area contributed by atoms with E-state index >= 15 is 0 Å². The molecule has 23 heavy (non-hydrogen) atoms. The normalized spacial score (nSPS) is 34.9. The maximum absolute atomic E-state index is 12.6. The first-order chi connectivity index (χ1) is 11.3. The van der Waals surface area contributed by atoms with Crippen molar-refractivity contribution in [2.75, 3.05) is 0 Å². The van der Waals surface area contributed by atoms with Crippen LogP contribution in [-0.4, -0.2) is 16.9 Å². The second-order valence-electron chi connectivity index (χ2n) is 8.06. The van der Waals surface area contributed by atoms with Crippen LogP contribution in [0.1, 0.15) is 37.7 Å². The number of nitrogens with one attached hydrogen (secondary N) is 2. The molecule has 2 aromatic rings. The number of benzene rings is 1. The van der Waals surface area contributed by atoms with Gasteiger partial charge in [-0.25, -0.2) is 0 Å². The molecule has 4 saturated carbocycles. The summed E-state index contributed by atoms with van der Waals surface area (Å²) in [5.74, 6) is 3.61. The molecule has 1 heterocycles. The second kappa shape index (κ2) is 5.12. The fraction of sp³-hybridized carbons (Fsp3) is 0.550. The highest BCUT2D eigenvalue weighted by Gasteiger charge is 2.48. The molecule has 0 aliphatic heterocycles. The van der Waals surface area contributed by atoms with Crippen molar-refractivity contribution in [2.24, 2.45) is 23.7 Å². The number of hydrogen-bond donors (Lipinski definition) is 2. The maximum Gasteiger partial charge on any atom is 0.224 e. The average molecular weight is 308 g/mol. The van der Waals surface area contributed by atoms with Crippen molar-refractivity contribution in [2.45, 2.75) is 44.6 Å². The summed E-state index contributed by atoms with van der Waals surface area (Å²) in [5.41, 5.74) is 2.23. The van der Waals surface area contributed by atoms with Gasteiger partial charge in [0, 0.05) is 23.1 Å². The minimum Gasteiger partial charge on any atom is -0.361 e. The predicted molar refractivity (Wildman–Crippen MR) is 91.0 cm³/mol. The Morgan fingerprint density at radius 1 is 1.04 bits per heavy atom. The van der Waals surface area contributed by atoms with E-state index in [4.69, 9.17) is 0 Å². The molecule has 120 valence electrons. The molecule has 4 bridgehead atoms. The van der Waals surface area contributed by atoms with Crippen molar-refractivity contribution < 1.29 is 4.79 Å². The number of hydrogen-bond acceptors (Lipinski definition) is 1. The smallest absolute Gasteiger partial charge is 0.224 e. The molecular formula is C20H24N2O. The molecule has 2 N–H and O–H groups in total. The van der Waals surface area contributed by atoms with Crippen LogP contribution in [-0.2, 0) is 11.2 Å². The van der Waals surface area contributed by atoms with Gasteiger partial charge in [-0.2, -0.15) is 0 Å². The molecule has 0 atom stereocenters. The van der Waals surface area contributed by atoms with Crippen molar-refractivity contribution in [3.63, 3.8) is 0 Å². The molecule has 0 spiro atoms. The van der Waals surface area contributed by atoms with E-state index in [0.29, 0.717) is 12.5 Å². The molecule has 0 saturated heterocycles. The molecule has 0 unspecified atom stereocenters. The van der Waals surface area contributed by atoms with Crippen LogP contribution < -0.4 is 5.32 Å². The molecule has 3 nitrogen and oxygen atoms in total. The third kappa shape index (κ3) is 2.29. The summed E-state index contributed by atoms with van der Waals surface area (Å²) in [6.45, 7) is 0. The zero-order valence-corrected chi connectivity index (χ0v) is 13.4. The zero-order chi connectivity index (χ0) is 15.4. The quantitative estimate of drug-likeness (QED) is 0.893. The summed E-state index contributed by atoms with van der Waals surface area (Å²) in [6.07, 6.45) is 9.35. The van der Waals surface area contributed by atoms with Gasteiger partial charge in [-0.05, 0) is 67.4 Å². The lowest BCUT2D eigenvalue weighted by atomic mass is 9.54. The summed E-state index contributed by atoms with van der Waals surface area (Å²) in [5, 5.41) is 4.59. The number of amides is 1. The van der Waals surface area contributed by atoms with Crippen molar-refractivity contribution in [1.29, 1.82) is 0 Å². The lowest BCUT2D eigenvalue weighted by molar-refractivity contribution is -0.124. The third-order valence-corrected chi connectivity index (χ3v) is 6.58. The molecule has 4 aliphatic carbocycles. The van der Waals surface area contributed by atoms with Gasteiger partial charge in [0.2, 0.25) is 5.91 Å². The van der Waals surface area contributed by atoms with Gasteiger partial charge in [0.1, 0.15) is 0 Å². The lowest BCUT2D eigenvalue weighted by Crippen LogP contribution is -2.56. The van der Waals surface area contributed by atoms with Crippen LogP contribution in [0.2, 0.25) is 0 Å². The Kier molecular flexibility index (Phi) is 3.04. The van der Waals surface area contributed by atoms with Crippen LogP contribution in [0.15, 0.2) is 30.5 Å². The molecule has 4 fully saturated rings. The minimum atomic E-state index is 0.201. The van der Waals surface area contributed by atoms with Crippen molar-refractivity contribution >= 4 is 16.8 Å². The highest BCUT2D eigenvalue weighted by atomic mass is 16.1. The third-order valence-electron chi connectivity index (χ3n) is 6.58. The fourth-order valence-electron chi connectivity index (χ4n) is 5.85. The van der Waals surface area contributed by atoms with Crippen LogP contribution in [0.25, 0.3) is 10.9 Å². The Hall–Kier alpha value is -1.77. The summed E-state index contributed by atoms with van der Waals surface area (Å²) in [6, 6.07) is 8.67. The minimum absolute atomic E-state index is 0.201. The monoisotopic (exact) mass is 308 g/mol. The maximum atomic E-state index is 12.6. The first-order valence-electron chi connectivity index (χ1n) is 9.10.